The highest BCUT2D eigenvalue weighted by Crippen LogP contribution is 2.42. The molecular weight excluding hydrogens is 867 g/mol. The first kappa shape index (κ1) is 50.0. The fourth-order valence-corrected chi connectivity index (χ4v) is 10.1. The molecule has 3 aliphatic heterocycles. The highest BCUT2D eigenvalue weighted by atomic mass is 16.6. The lowest BCUT2D eigenvalue weighted by Gasteiger charge is -2.40. The number of carbonyl (C=O) groups excluding carboxylic acids is 5. The molecule has 364 valence electrons. The number of amides is 4. The Morgan fingerprint density at radius 2 is 1.81 bits per heavy atom. The fourth-order valence-electron chi connectivity index (χ4n) is 10.1. The molecule has 7 rings (SSSR count). The number of ether oxygens (including phenoxy) is 2. The number of nitrogens with one attached hydrogen (secondary N) is 2. The second-order valence-corrected chi connectivity index (χ2v) is 19.9. The van der Waals surface area contributed by atoms with Crippen LogP contribution in [0, 0.1) is 18.3 Å². The number of esters is 1. The lowest BCUT2D eigenvalue weighted by Crippen LogP contribution is -2.67. The summed E-state index contributed by atoms with van der Waals surface area (Å²) in [7, 11) is 3.09. The van der Waals surface area contributed by atoms with Gasteiger partial charge in [-0.3, -0.25) is 29.2 Å². The zero-order chi connectivity index (χ0) is 49.5. The lowest BCUT2D eigenvalue weighted by atomic mass is 9.84. The number of carbonyl (C=O) groups is 5. The molecule has 2 saturated heterocycles. The van der Waals surface area contributed by atoms with Crippen LogP contribution in [0.5, 0.6) is 0 Å². The number of benzene rings is 2. The largest absolute Gasteiger partial charge is 0.462 e. The quantitative estimate of drug-likeness (QED) is 0.123. The Hall–Kier alpha value is -5.94. The number of likely N-dealkylation sites (tertiary alicyclic amines) is 1. The van der Waals surface area contributed by atoms with E-state index in [9.17, 15) is 34.2 Å². The number of likely N-dealkylation sites (N-methyl/N-ethyl adjacent to an activating group) is 1. The van der Waals surface area contributed by atoms with Gasteiger partial charge in [-0.15, -0.1) is 0 Å². The van der Waals surface area contributed by atoms with Gasteiger partial charge >= 0.3 is 5.97 Å². The Kier molecular flexibility index (Phi) is 14.4. The number of fused-ring (bicyclic) bond motifs is 6. The van der Waals surface area contributed by atoms with E-state index in [0.717, 1.165) is 61.2 Å². The van der Waals surface area contributed by atoms with Crippen LogP contribution in [-0.2, 0) is 52.8 Å². The number of aliphatic hydroxyl groups is 2. The molecule has 4 amide bonds. The SMILES string of the molecule is C=CC(=O)N1CCC(O)(C(=O)N(C)[C@H](C(=O)N[C@H]2Cc3cccc(c3)-c3ccc4c(c3)c(c(-c3cc(C)cnc3[C@H](C)OC)n4CC)CC(C)(C)COC(=O)[C@@]3(O)CCCN(N3)C2=O)C(C)C)C1. The van der Waals surface area contributed by atoms with Crippen molar-refractivity contribution in [2.45, 2.75) is 117 Å². The predicted octanol–water partition coefficient (Wildman–Crippen LogP) is 5.01. The molecule has 1 unspecified atom stereocenters. The average molecular weight is 934 g/mol. The van der Waals surface area contributed by atoms with Gasteiger partial charge in [-0.2, -0.15) is 5.43 Å². The number of rotatable bonds is 10. The highest BCUT2D eigenvalue weighted by Gasteiger charge is 2.49. The lowest BCUT2D eigenvalue weighted by molar-refractivity contribution is -0.189. The van der Waals surface area contributed by atoms with Gasteiger partial charge < -0.3 is 39.4 Å². The molecule has 0 radical (unpaired) electrons. The minimum absolute atomic E-state index is 0.00334. The van der Waals surface area contributed by atoms with Crippen LogP contribution in [0.4, 0.5) is 0 Å². The van der Waals surface area contributed by atoms with Crippen molar-refractivity contribution in [1.82, 2.24) is 35.1 Å². The van der Waals surface area contributed by atoms with Crippen LogP contribution in [0.2, 0.25) is 0 Å². The summed E-state index contributed by atoms with van der Waals surface area (Å²) in [4.78, 5) is 77.1. The summed E-state index contributed by atoms with van der Waals surface area (Å²) >= 11 is 0. The van der Waals surface area contributed by atoms with Crippen LogP contribution in [0.15, 0.2) is 67.4 Å². The number of hydrazine groups is 1. The van der Waals surface area contributed by atoms with E-state index in [0.29, 0.717) is 18.5 Å². The van der Waals surface area contributed by atoms with Crippen molar-refractivity contribution in [3.05, 3.63) is 89.8 Å². The Balaban J connectivity index is 1.32. The fraction of sp³-hybridized carbons (Fsp3) is 0.500. The summed E-state index contributed by atoms with van der Waals surface area (Å²) < 4.78 is 14.1. The summed E-state index contributed by atoms with van der Waals surface area (Å²) in [6.45, 7) is 17.7. The van der Waals surface area contributed by atoms with Crippen molar-refractivity contribution >= 4 is 40.5 Å². The average Bonchev–Trinajstić information content (AvgIpc) is 3.86. The van der Waals surface area contributed by atoms with Crippen molar-refractivity contribution in [2.24, 2.45) is 11.3 Å². The van der Waals surface area contributed by atoms with Gasteiger partial charge in [0.25, 0.3) is 11.8 Å². The zero-order valence-corrected chi connectivity index (χ0v) is 40.8. The number of β-amino-alcohol motifs (C(OH)–C–C–N with tert-alkyl or cyclic N) is 1. The van der Waals surface area contributed by atoms with Gasteiger partial charge in [-0.25, -0.2) is 4.79 Å². The maximum atomic E-state index is 14.8. The van der Waals surface area contributed by atoms with Crippen molar-refractivity contribution in [3.63, 3.8) is 0 Å². The van der Waals surface area contributed by atoms with E-state index in [1.54, 1.807) is 21.0 Å². The minimum atomic E-state index is -2.26. The van der Waals surface area contributed by atoms with Gasteiger partial charge in [0.1, 0.15) is 12.1 Å². The first-order valence-electron chi connectivity index (χ1n) is 23.6. The van der Waals surface area contributed by atoms with Crippen LogP contribution in [-0.4, -0.2) is 128 Å². The molecule has 0 spiro atoms. The van der Waals surface area contributed by atoms with Gasteiger partial charge in [0.15, 0.2) is 5.60 Å². The van der Waals surface area contributed by atoms with E-state index in [4.69, 9.17) is 14.5 Å². The van der Waals surface area contributed by atoms with Crippen LogP contribution in [0.3, 0.4) is 0 Å². The normalized spacial score (nSPS) is 22.9. The topological polar surface area (TPSA) is 196 Å². The molecule has 2 fully saturated rings. The number of nitrogens with zero attached hydrogens (tertiary/aromatic N) is 5. The second kappa shape index (κ2) is 19.6. The summed E-state index contributed by atoms with van der Waals surface area (Å²) in [5.41, 5.74) is 6.21. The molecule has 4 aromatic rings. The molecule has 6 bridgehead atoms. The third-order valence-electron chi connectivity index (χ3n) is 13.7. The number of aryl methyl sites for hydroxylation is 2. The number of methoxy groups -OCH3 is 1. The third-order valence-corrected chi connectivity index (χ3v) is 13.7. The van der Waals surface area contributed by atoms with Gasteiger partial charge in [0.2, 0.25) is 17.5 Å². The molecule has 5 atom stereocenters. The van der Waals surface area contributed by atoms with E-state index in [1.807, 2.05) is 58.2 Å². The molecule has 3 aliphatic rings. The standard InChI is InChI=1S/C52H67N7O9/c1-11-42(60)57-22-20-51(65,29-57)48(63)56(9)44(31(3)4)46(61)54-40-25-34-15-13-16-35(24-34)36-17-18-41-37(26-36)39(45(58(41)12-2)38-23-32(5)28-53-43(38)33(6)67-10)27-50(7,8)30-68-49(64)52(66)19-14-21-59(55-52)47(40)62/h11,13,15-18,23-24,26,28,31,33,40,44,55,65-66H,1,12,14,19-22,25,27,29-30H2,2-10H3,(H,54,61)/t33-,40-,44-,51?,52-/m0/s1. The Labute approximate surface area is 398 Å². The molecule has 0 aliphatic carbocycles. The van der Waals surface area contributed by atoms with E-state index in [2.05, 4.69) is 53.1 Å². The number of cyclic esters (lactones) is 1. The number of pyridine rings is 1. The Bertz CT molecular complexity index is 2620. The van der Waals surface area contributed by atoms with E-state index < -0.39 is 64.3 Å². The summed E-state index contributed by atoms with van der Waals surface area (Å²) in [5.74, 6) is -3.84. The van der Waals surface area contributed by atoms with Crippen LogP contribution in [0.25, 0.3) is 33.3 Å². The number of aromatic nitrogens is 2. The van der Waals surface area contributed by atoms with Crippen molar-refractivity contribution < 1.29 is 43.7 Å². The predicted molar refractivity (Wildman–Crippen MR) is 257 cm³/mol. The monoisotopic (exact) mass is 934 g/mol. The first-order chi connectivity index (χ1) is 32.1. The summed E-state index contributed by atoms with van der Waals surface area (Å²) in [6.07, 6.45) is 3.34. The molecule has 2 aromatic carbocycles. The minimum Gasteiger partial charge on any atom is -0.462 e. The van der Waals surface area contributed by atoms with E-state index in [1.165, 1.54) is 16.8 Å². The van der Waals surface area contributed by atoms with Gasteiger partial charge in [0.05, 0.1) is 30.6 Å². The highest BCUT2D eigenvalue weighted by molar-refractivity contribution is 5.97. The molecule has 5 heterocycles. The van der Waals surface area contributed by atoms with Gasteiger partial charge in [-0.1, -0.05) is 64.6 Å². The molecular formula is C52H67N7O9. The summed E-state index contributed by atoms with van der Waals surface area (Å²) in [5, 5.41) is 28.5. The third kappa shape index (κ3) is 9.82. The van der Waals surface area contributed by atoms with Gasteiger partial charge in [0, 0.05) is 81.1 Å². The van der Waals surface area contributed by atoms with Crippen LogP contribution >= 0.6 is 0 Å². The van der Waals surface area contributed by atoms with Crippen LogP contribution in [0.1, 0.15) is 89.3 Å². The van der Waals surface area contributed by atoms with Crippen LogP contribution < -0.4 is 10.7 Å². The molecule has 2 aromatic heterocycles. The summed E-state index contributed by atoms with van der Waals surface area (Å²) in [6, 6.07) is 13.9. The molecule has 16 heteroatoms. The van der Waals surface area contributed by atoms with E-state index >= 15 is 0 Å². The molecule has 16 nitrogen and oxygen atoms in total. The number of hydrogen-bond acceptors (Lipinski definition) is 11. The molecule has 4 N–H and O–H groups in total. The molecule has 0 saturated carbocycles. The first-order valence-corrected chi connectivity index (χ1v) is 23.6. The smallest absolute Gasteiger partial charge is 0.355 e. The Morgan fingerprint density at radius 1 is 1.07 bits per heavy atom. The zero-order valence-electron chi connectivity index (χ0n) is 40.8. The van der Waals surface area contributed by atoms with E-state index in [-0.39, 0.29) is 58.0 Å². The maximum Gasteiger partial charge on any atom is 0.355 e. The second-order valence-electron chi connectivity index (χ2n) is 19.9. The molecule has 68 heavy (non-hydrogen) atoms. The van der Waals surface area contributed by atoms with Crippen molar-refractivity contribution in [3.8, 4) is 22.4 Å². The van der Waals surface area contributed by atoms with Crippen molar-refractivity contribution in [2.75, 3.05) is 40.4 Å². The van der Waals surface area contributed by atoms with Crippen molar-refractivity contribution in [1.29, 1.82) is 0 Å². The Morgan fingerprint density at radius 3 is 2.50 bits per heavy atom. The van der Waals surface area contributed by atoms with Gasteiger partial charge in [-0.05, 0) is 91.6 Å². The number of hydrogen-bond donors (Lipinski definition) is 4. The maximum absolute atomic E-state index is 14.8.